The summed E-state index contributed by atoms with van der Waals surface area (Å²) in [6.07, 6.45) is 0. The summed E-state index contributed by atoms with van der Waals surface area (Å²) < 4.78 is 7.05. The van der Waals surface area contributed by atoms with E-state index in [-0.39, 0.29) is 5.56 Å². The summed E-state index contributed by atoms with van der Waals surface area (Å²) in [6.45, 7) is 1.95. The van der Waals surface area contributed by atoms with Crippen molar-refractivity contribution in [1.29, 1.82) is 0 Å². The van der Waals surface area contributed by atoms with Crippen LogP contribution in [-0.4, -0.2) is 16.7 Å². The molecule has 21 heavy (non-hydrogen) atoms. The summed E-state index contributed by atoms with van der Waals surface area (Å²) in [6, 6.07) is 12.9. The van der Waals surface area contributed by atoms with Gasteiger partial charge in [-0.2, -0.15) is 0 Å². The molecule has 4 nitrogen and oxygen atoms in total. The lowest BCUT2D eigenvalue weighted by Gasteiger charge is -2.09. The Kier molecular flexibility index (Phi) is 3.35. The van der Waals surface area contributed by atoms with Crippen molar-refractivity contribution in [2.45, 2.75) is 6.92 Å². The van der Waals surface area contributed by atoms with E-state index >= 15 is 0 Å². The first-order valence-electron chi connectivity index (χ1n) is 6.50. The maximum atomic E-state index is 12.7. The fourth-order valence-electron chi connectivity index (χ4n) is 2.31. The second-order valence-electron chi connectivity index (χ2n) is 4.82. The average Bonchev–Trinajstić information content (AvgIpc) is 2.48. The standard InChI is InChI=1S/C16H14N2O2S/c1-10-6-7-14-13(8-10)15(19)18(16(21)17-14)11-4-3-5-12(9-11)20-2/h3-9H,1-2H3,(H,17,21). The number of nitrogens with one attached hydrogen (secondary N) is 1. The largest absolute Gasteiger partial charge is 0.497 e. The number of rotatable bonds is 2. The molecule has 1 aromatic heterocycles. The first-order valence-corrected chi connectivity index (χ1v) is 6.91. The maximum Gasteiger partial charge on any atom is 0.266 e. The number of H-pyrrole nitrogens is 1. The van der Waals surface area contributed by atoms with Crippen LogP contribution in [0.2, 0.25) is 0 Å². The quantitative estimate of drug-likeness (QED) is 0.738. The molecule has 0 aliphatic heterocycles. The van der Waals surface area contributed by atoms with Crippen molar-refractivity contribution in [3.63, 3.8) is 0 Å². The number of hydrogen-bond donors (Lipinski definition) is 1. The molecule has 0 aliphatic rings. The molecule has 1 N–H and O–H groups in total. The number of benzene rings is 2. The Bertz CT molecular complexity index is 941. The lowest BCUT2D eigenvalue weighted by molar-refractivity contribution is 0.414. The van der Waals surface area contributed by atoms with Gasteiger partial charge in [-0.05, 0) is 43.4 Å². The van der Waals surface area contributed by atoms with Crippen molar-refractivity contribution < 1.29 is 4.74 Å². The Morgan fingerprint density at radius 2 is 2.00 bits per heavy atom. The van der Waals surface area contributed by atoms with Crippen LogP contribution in [0.5, 0.6) is 5.75 Å². The third-order valence-corrected chi connectivity index (χ3v) is 3.65. The van der Waals surface area contributed by atoms with Crippen LogP contribution in [0, 0.1) is 11.7 Å². The average molecular weight is 298 g/mol. The van der Waals surface area contributed by atoms with Crippen molar-refractivity contribution in [1.82, 2.24) is 9.55 Å². The molecule has 0 fully saturated rings. The van der Waals surface area contributed by atoms with Crippen molar-refractivity contribution in [2.75, 3.05) is 7.11 Å². The molecule has 5 heteroatoms. The zero-order valence-electron chi connectivity index (χ0n) is 11.7. The first-order chi connectivity index (χ1) is 10.1. The van der Waals surface area contributed by atoms with Crippen molar-refractivity contribution >= 4 is 23.1 Å². The van der Waals surface area contributed by atoms with E-state index in [4.69, 9.17) is 17.0 Å². The van der Waals surface area contributed by atoms with Gasteiger partial charge in [0.05, 0.1) is 23.7 Å². The van der Waals surface area contributed by atoms with E-state index in [9.17, 15) is 4.79 Å². The molecule has 0 saturated heterocycles. The number of aromatic amines is 1. The number of aryl methyl sites for hydroxylation is 1. The third-order valence-electron chi connectivity index (χ3n) is 3.36. The zero-order chi connectivity index (χ0) is 15.0. The number of hydrogen-bond acceptors (Lipinski definition) is 3. The first kappa shape index (κ1) is 13.6. The van der Waals surface area contributed by atoms with Crippen molar-refractivity contribution in [3.8, 4) is 11.4 Å². The van der Waals surface area contributed by atoms with Gasteiger partial charge < -0.3 is 9.72 Å². The smallest absolute Gasteiger partial charge is 0.266 e. The van der Waals surface area contributed by atoms with Gasteiger partial charge in [-0.15, -0.1) is 0 Å². The number of fused-ring (bicyclic) bond motifs is 1. The van der Waals surface area contributed by atoms with Gasteiger partial charge in [0.2, 0.25) is 0 Å². The van der Waals surface area contributed by atoms with E-state index in [1.807, 2.05) is 43.3 Å². The lowest BCUT2D eigenvalue weighted by atomic mass is 10.1. The molecular weight excluding hydrogens is 284 g/mol. The SMILES string of the molecule is COc1cccc(-n2c(=S)[nH]c3ccc(C)cc3c2=O)c1. The second kappa shape index (κ2) is 5.18. The molecule has 3 aromatic rings. The van der Waals surface area contributed by atoms with E-state index in [1.54, 1.807) is 13.2 Å². The number of methoxy groups -OCH3 is 1. The number of ether oxygens (including phenoxy) is 1. The Morgan fingerprint density at radius 1 is 1.19 bits per heavy atom. The highest BCUT2D eigenvalue weighted by molar-refractivity contribution is 7.71. The molecule has 0 atom stereocenters. The summed E-state index contributed by atoms with van der Waals surface area (Å²) in [5, 5.41) is 0.617. The highest BCUT2D eigenvalue weighted by atomic mass is 32.1. The molecular formula is C16H14N2O2S. The van der Waals surface area contributed by atoms with Gasteiger partial charge in [0.1, 0.15) is 5.75 Å². The fraction of sp³-hybridized carbons (Fsp3) is 0.125. The van der Waals surface area contributed by atoms with Gasteiger partial charge in [-0.1, -0.05) is 17.7 Å². The molecule has 0 aliphatic carbocycles. The van der Waals surface area contributed by atoms with E-state index in [0.29, 0.717) is 21.6 Å². The predicted molar refractivity (Wildman–Crippen MR) is 86.0 cm³/mol. The van der Waals surface area contributed by atoms with E-state index in [2.05, 4.69) is 4.98 Å². The van der Waals surface area contributed by atoms with E-state index in [0.717, 1.165) is 11.1 Å². The van der Waals surface area contributed by atoms with Crippen LogP contribution >= 0.6 is 12.2 Å². The minimum Gasteiger partial charge on any atom is -0.497 e. The Morgan fingerprint density at radius 3 is 2.76 bits per heavy atom. The normalized spacial score (nSPS) is 10.8. The Balaban J connectivity index is 2.37. The molecule has 1 heterocycles. The van der Waals surface area contributed by atoms with Crippen LogP contribution in [0.4, 0.5) is 0 Å². The Hall–Kier alpha value is -2.40. The van der Waals surface area contributed by atoms with Crippen LogP contribution in [-0.2, 0) is 0 Å². The molecule has 3 rings (SSSR count). The highest BCUT2D eigenvalue weighted by Crippen LogP contribution is 2.17. The van der Waals surface area contributed by atoms with E-state index < -0.39 is 0 Å². The molecule has 106 valence electrons. The van der Waals surface area contributed by atoms with Gasteiger partial charge in [0.25, 0.3) is 5.56 Å². The van der Waals surface area contributed by atoms with Crippen LogP contribution < -0.4 is 10.3 Å². The van der Waals surface area contributed by atoms with Crippen molar-refractivity contribution in [3.05, 3.63) is 63.2 Å². The van der Waals surface area contributed by atoms with Crippen LogP contribution in [0.3, 0.4) is 0 Å². The minimum absolute atomic E-state index is 0.134. The zero-order valence-corrected chi connectivity index (χ0v) is 12.5. The lowest BCUT2D eigenvalue weighted by Crippen LogP contribution is -2.20. The topological polar surface area (TPSA) is 47.0 Å². The fourth-order valence-corrected chi connectivity index (χ4v) is 2.61. The molecule has 2 aromatic carbocycles. The molecule has 0 radical (unpaired) electrons. The highest BCUT2D eigenvalue weighted by Gasteiger charge is 2.08. The summed E-state index contributed by atoms with van der Waals surface area (Å²) in [5.41, 5.74) is 2.33. The summed E-state index contributed by atoms with van der Waals surface area (Å²) in [7, 11) is 1.59. The Labute approximate surface area is 126 Å². The van der Waals surface area contributed by atoms with Crippen LogP contribution in [0.15, 0.2) is 47.3 Å². The van der Waals surface area contributed by atoms with E-state index in [1.165, 1.54) is 4.57 Å². The monoisotopic (exact) mass is 298 g/mol. The van der Waals surface area contributed by atoms with Crippen LogP contribution in [0.25, 0.3) is 16.6 Å². The van der Waals surface area contributed by atoms with Gasteiger partial charge in [0.15, 0.2) is 4.77 Å². The summed E-state index contributed by atoms with van der Waals surface area (Å²) >= 11 is 5.33. The predicted octanol–water partition coefficient (Wildman–Crippen LogP) is 3.37. The van der Waals surface area contributed by atoms with Gasteiger partial charge in [0, 0.05) is 6.07 Å². The van der Waals surface area contributed by atoms with Gasteiger partial charge in [-0.25, -0.2) is 0 Å². The summed E-state index contributed by atoms with van der Waals surface area (Å²) in [4.78, 5) is 15.8. The second-order valence-corrected chi connectivity index (χ2v) is 5.21. The number of aromatic nitrogens is 2. The molecule has 0 saturated carbocycles. The van der Waals surface area contributed by atoms with Gasteiger partial charge in [-0.3, -0.25) is 9.36 Å². The maximum absolute atomic E-state index is 12.7. The molecule has 0 unspecified atom stereocenters. The third kappa shape index (κ3) is 2.36. The molecule has 0 amide bonds. The number of nitrogens with zero attached hydrogens (tertiary/aromatic N) is 1. The molecule has 0 bridgehead atoms. The van der Waals surface area contributed by atoms with Crippen LogP contribution in [0.1, 0.15) is 5.56 Å². The molecule has 0 spiro atoms. The van der Waals surface area contributed by atoms with Crippen molar-refractivity contribution in [2.24, 2.45) is 0 Å². The summed E-state index contributed by atoms with van der Waals surface area (Å²) in [5.74, 6) is 0.679. The van der Waals surface area contributed by atoms with Gasteiger partial charge >= 0.3 is 0 Å². The minimum atomic E-state index is -0.134.